The van der Waals surface area contributed by atoms with Gasteiger partial charge in [-0.2, -0.15) is 0 Å². The molecular weight excluding hydrogens is 419 g/mol. The second kappa shape index (κ2) is 8.31. The second-order valence-corrected chi connectivity index (χ2v) is 11.5. The molecule has 8 heteroatoms. The van der Waals surface area contributed by atoms with Crippen LogP contribution in [0.5, 0.6) is 0 Å². The number of rotatable bonds is 2. The van der Waals surface area contributed by atoms with Crippen LogP contribution in [0, 0.1) is 0 Å². The van der Waals surface area contributed by atoms with Crippen molar-refractivity contribution in [2.75, 3.05) is 19.6 Å². The fraction of sp³-hybridized carbons (Fsp3) is 0.680. The van der Waals surface area contributed by atoms with Crippen LogP contribution in [0.15, 0.2) is 18.2 Å². The van der Waals surface area contributed by atoms with E-state index in [-0.39, 0.29) is 18.0 Å². The van der Waals surface area contributed by atoms with Gasteiger partial charge in [0.25, 0.3) is 5.91 Å². The standard InChI is InChI=1S/C25H37BN2O5/c1-23(2,3)31-22(30)27-13-11-19(12-14-27)28-15-10-17-16-18(8-9-20(17)21(28)29)26-32-24(4,5)25(6,7)33-26/h8-9,16,19H,10-15H2,1-7H3. The van der Waals surface area contributed by atoms with Gasteiger partial charge < -0.3 is 23.8 Å². The van der Waals surface area contributed by atoms with E-state index >= 15 is 0 Å². The molecule has 1 aromatic rings. The smallest absolute Gasteiger partial charge is 0.444 e. The summed E-state index contributed by atoms with van der Waals surface area (Å²) in [6.45, 7) is 15.7. The SMILES string of the molecule is CC(C)(C)OC(=O)N1CCC(N2CCc3cc(B4OC(C)(C)C(C)(C)O4)ccc3C2=O)CC1. The van der Waals surface area contributed by atoms with E-state index in [0.29, 0.717) is 19.6 Å². The minimum atomic E-state index is -0.501. The molecule has 2 saturated heterocycles. The number of likely N-dealkylation sites (tertiary alicyclic amines) is 1. The number of amides is 2. The first-order valence-corrected chi connectivity index (χ1v) is 12.0. The second-order valence-electron chi connectivity index (χ2n) is 11.5. The number of fused-ring (bicyclic) bond motifs is 1. The minimum absolute atomic E-state index is 0.0763. The molecule has 0 spiro atoms. The summed E-state index contributed by atoms with van der Waals surface area (Å²) < 4.78 is 17.9. The lowest BCUT2D eigenvalue weighted by Gasteiger charge is -2.40. The molecule has 3 heterocycles. The number of benzene rings is 1. The van der Waals surface area contributed by atoms with Crippen LogP contribution in [0.25, 0.3) is 0 Å². The van der Waals surface area contributed by atoms with Gasteiger partial charge in [0.15, 0.2) is 0 Å². The average molecular weight is 456 g/mol. The van der Waals surface area contributed by atoms with Crippen LogP contribution in [0.2, 0.25) is 0 Å². The van der Waals surface area contributed by atoms with Crippen LogP contribution in [0.4, 0.5) is 4.79 Å². The quantitative estimate of drug-likeness (QED) is 0.639. The van der Waals surface area contributed by atoms with E-state index in [1.54, 1.807) is 4.90 Å². The molecule has 0 N–H and O–H groups in total. The zero-order valence-corrected chi connectivity index (χ0v) is 21.1. The Balaban J connectivity index is 1.40. The molecule has 0 atom stereocenters. The third kappa shape index (κ3) is 4.78. The summed E-state index contributed by atoms with van der Waals surface area (Å²) in [6.07, 6.45) is 2.07. The van der Waals surface area contributed by atoms with Crippen molar-refractivity contribution < 1.29 is 23.6 Å². The van der Waals surface area contributed by atoms with Gasteiger partial charge in [0.05, 0.1) is 11.2 Å². The van der Waals surface area contributed by atoms with E-state index in [1.165, 1.54) is 0 Å². The van der Waals surface area contributed by atoms with Crippen LogP contribution in [-0.2, 0) is 20.5 Å². The van der Waals surface area contributed by atoms with Gasteiger partial charge >= 0.3 is 13.2 Å². The van der Waals surface area contributed by atoms with E-state index < -0.39 is 23.9 Å². The summed E-state index contributed by atoms with van der Waals surface area (Å²) >= 11 is 0. The number of carbonyl (C=O) groups excluding carboxylic acids is 2. The Morgan fingerprint density at radius 2 is 1.67 bits per heavy atom. The molecule has 0 saturated carbocycles. The van der Waals surface area contributed by atoms with Crippen LogP contribution in [-0.4, -0.2) is 71.4 Å². The van der Waals surface area contributed by atoms with Gasteiger partial charge in [0.2, 0.25) is 0 Å². The van der Waals surface area contributed by atoms with Gasteiger partial charge in [0.1, 0.15) is 5.60 Å². The fourth-order valence-corrected chi connectivity index (χ4v) is 4.69. The minimum Gasteiger partial charge on any atom is -0.444 e. The zero-order valence-electron chi connectivity index (χ0n) is 21.1. The molecule has 4 rings (SSSR count). The number of hydrogen-bond donors (Lipinski definition) is 0. The van der Waals surface area contributed by atoms with Gasteiger partial charge in [-0.3, -0.25) is 4.79 Å². The highest BCUT2D eigenvalue weighted by Gasteiger charge is 2.52. The summed E-state index contributed by atoms with van der Waals surface area (Å²) in [4.78, 5) is 29.4. The monoisotopic (exact) mass is 456 g/mol. The van der Waals surface area contributed by atoms with E-state index in [4.69, 9.17) is 14.0 Å². The fourth-order valence-electron chi connectivity index (χ4n) is 4.69. The van der Waals surface area contributed by atoms with Crippen molar-refractivity contribution >= 4 is 24.6 Å². The molecule has 33 heavy (non-hydrogen) atoms. The van der Waals surface area contributed by atoms with Crippen molar-refractivity contribution in [1.29, 1.82) is 0 Å². The molecule has 0 radical (unpaired) electrons. The first-order chi connectivity index (χ1) is 15.3. The number of piperidine rings is 1. The van der Waals surface area contributed by atoms with E-state index in [1.807, 2.05) is 65.5 Å². The Morgan fingerprint density at radius 1 is 1.06 bits per heavy atom. The summed E-state index contributed by atoms with van der Waals surface area (Å²) in [5.74, 6) is 0.0763. The Labute approximate surface area is 197 Å². The summed E-state index contributed by atoms with van der Waals surface area (Å²) in [7, 11) is -0.425. The lowest BCUT2D eigenvalue weighted by atomic mass is 9.77. The molecule has 2 fully saturated rings. The summed E-state index contributed by atoms with van der Waals surface area (Å²) in [5.41, 5.74) is 1.48. The predicted molar refractivity (Wildman–Crippen MR) is 128 cm³/mol. The maximum atomic E-state index is 13.3. The van der Waals surface area contributed by atoms with Crippen molar-refractivity contribution in [3.05, 3.63) is 29.3 Å². The molecule has 180 valence electrons. The van der Waals surface area contributed by atoms with Gasteiger partial charge in [-0.1, -0.05) is 12.1 Å². The number of hydrogen-bond acceptors (Lipinski definition) is 5. The third-order valence-corrected chi connectivity index (χ3v) is 7.32. The lowest BCUT2D eigenvalue weighted by molar-refractivity contribution is 0.00578. The number of ether oxygens (including phenoxy) is 1. The lowest BCUT2D eigenvalue weighted by Crippen LogP contribution is -2.51. The molecule has 0 aliphatic carbocycles. The van der Waals surface area contributed by atoms with Crippen LogP contribution >= 0.6 is 0 Å². The Bertz CT molecular complexity index is 915. The average Bonchev–Trinajstić information content (AvgIpc) is 2.94. The third-order valence-electron chi connectivity index (χ3n) is 7.32. The maximum Gasteiger partial charge on any atom is 0.494 e. The molecule has 3 aliphatic heterocycles. The Morgan fingerprint density at radius 3 is 2.24 bits per heavy atom. The predicted octanol–water partition coefficient (Wildman–Crippen LogP) is 3.38. The summed E-state index contributed by atoms with van der Waals surface area (Å²) in [6, 6.07) is 6.08. The Hall–Kier alpha value is -2.06. The number of carbonyl (C=O) groups is 2. The summed E-state index contributed by atoms with van der Waals surface area (Å²) in [5, 5.41) is 0. The first-order valence-electron chi connectivity index (χ1n) is 12.0. The van der Waals surface area contributed by atoms with E-state index in [0.717, 1.165) is 35.9 Å². The Kier molecular flexibility index (Phi) is 6.06. The topological polar surface area (TPSA) is 68.3 Å². The van der Waals surface area contributed by atoms with Crippen LogP contribution in [0.1, 0.15) is 77.2 Å². The van der Waals surface area contributed by atoms with Crippen molar-refractivity contribution in [2.24, 2.45) is 0 Å². The van der Waals surface area contributed by atoms with Crippen LogP contribution < -0.4 is 5.46 Å². The molecule has 0 bridgehead atoms. The van der Waals surface area contributed by atoms with Crippen LogP contribution in [0.3, 0.4) is 0 Å². The highest BCUT2D eigenvalue weighted by molar-refractivity contribution is 6.62. The zero-order chi connectivity index (χ0) is 24.2. The molecule has 0 unspecified atom stereocenters. The molecule has 0 aromatic heterocycles. The highest BCUT2D eigenvalue weighted by Crippen LogP contribution is 2.36. The van der Waals surface area contributed by atoms with Gasteiger partial charge in [-0.15, -0.1) is 0 Å². The van der Waals surface area contributed by atoms with Gasteiger partial charge in [-0.25, -0.2) is 4.79 Å². The van der Waals surface area contributed by atoms with E-state index in [2.05, 4.69) is 6.07 Å². The number of nitrogens with zero attached hydrogens (tertiary/aromatic N) is 2. The van der Waals surface area contributed by atoms with Crippen molar-refractivity contribution in [3.8, 4) is 0 Å². The molecular formula is C25H37BN2O5. The first kappa shape index (κ1) is 24.1. The van der Waals surface area contributed by atoms with Crippen molar-refractivity contribution in [1.82, 2.24) is 9.80 Å². The highest BCUT2D eigenvalue weighted by atomic mass is 16.7. The largest absolute Gasteiger partial charge is 0.494 e. The molecule has 1 aromatic carbocycles. The van der Waals surface area contributed by atoms with E-state index in [9.17, 15) is 9.59 Å². The van der Waals surface area contributed by atoms with Crippen molar-refractivity contribution in [2.45, 2.75) is 90.6 Å². The molecule has 7 nitrogen and oxygen atoms in total. The molecule has 2 amide bonds. The normalized spacial score (nSPS) is 23.0. The molecule has 3 aliphatic rings. The van der Waals surface area contributed by atoms with Gasteiger partial charge in [-0.05, 0) is 84.8 Å². The van der Waals surface area contributed by atoms with Gasteiger partial charge in [0, 0.05) is 31.2 Å². The van der Waals surface area contributed by atoms with Crippen molar-refractivity contribution in [3.63, 3.8) is 0 Å². The maximum absolute atomic E-state index is 13.3.